The van der Waals surface area contributed by atoms with Crippen molar-refractivity contribution in [1.82, 2.24) is 29.9 Å². The molecule has 1 aliphatic heterocycles. The highest BCUT2D eigenvalue weighted by Crippen LogP contribution is 2.34. The van der Waals surface area contributed by atoms with Crippen LogP contribution in [0, 0.1) is 5.82 Å². The Morgan fingerprint density at radius 3 is 2.36 bits per heavy atom. The van der Waals surface area contributed by atoms with Crippen LogP contribution in [0.15, 0.2) is 72.9 Å². The first kappa shape index (κ1) is 19.8. The average molecular weight is 439 g/mol. The summed E-state index contributed by atoms with van der Waals surface area (Å²) in [5, 5.41) is 12.2. The molecule has 2 N–H and O–H groups in total. The van der Waals surface area contributed by atoms with E-state index < -0.39 is 0 Å². The smallest absolute Gasteiger partial charge is 0.168 e. The standard InChI is InChI=1S/C26H23FN6/c27-21-9-6-17(7-10-21)23-24(30-25(29-23)18-12-14-28-15-13-18)20-8-11-22-31-32-26(33(22)16-20)19-4-2-1-3-5-19/h1-11,16,18,28H,12-15H2,(H,29,30). The van der Waals surface area contributed by atoms with E-state index in [9.17, 15) is 4.39 Å². The summed E-state index contributed by atoms with van der Waals surface area (Å²) in [6.07, 6.45) is 4.13. The second kappa shape index (κ2) is 8.26. The van der Waals surface area contributed by atoms with E-state index in [1.807, 2.05) is 53.1 Å². The molecule has 0 radical (unpaired) electrons. The predicted octanol–water partition coefficient (Wildman–Crippen LogP) is 5.06. The predicted molar refractivity (Wildman–Crippen MR) is 126 cm³/mol. The maximum Gasteiger partial charge on any atom is 0.168 e. The number of fused-ring (bicyclic) bond motifs is 1. The molecule has 0 atom stereocenters. The minimum Gasteiger partial charge on any atom is -0.341 e. The average Bonchev–Trinajstić information content (AvgIpc) is 3.50. The van der Waals surface area contributed by atoms with Gasteiger partial charge in [0.15, 0.2) is 11.5 Å². The molecule has 5 aromatic rings. The van der Waals surface area contributed by atoms with E-state index in [0.29, 0.717) is 5.92 Å². The van der Waals surface area contributed by atoms with Gasteiger partial charge in [-0.25, -0.2) is 9.37 Å². The second-order valence-corrected chi connectivity index (χ2v) is 8.41. The summed E-state index contributed by atoms with van der Waals surface area (Å²) in [7, 11) is 0. The lowest BCUT2D eigenvalue weighted by Crippen LogP contribution is -2.27. The number of benzene rings is 2. The lowest BCUT2D eigenvalue weighted by atomic mass is 9.98. The SMILES string of the molecule is Fc1ccc(-c2nc(C3CCNCC3)[nH]c2-c2ccc3nnc(-c4ccccc4)n3c2)cc1. The van der Waals surface area contributed by atoms with E-state index in [0.717, 1.165) is 71.3 Å². The summed E-state index contributed by atoms with van der Waals surface area (Å²) in [5.41, 5.74) is 5.39. The number of hydrogen-bond donors (Lipinski definition) is 2. The highest BCUT2D eigenvalue weighted by Gasteiger charge is 2.22. The highest BCUT2D eigenvalue weighted by molar-refractivity contribution is 5.79. The maximum absolute atomic E-state index is 13.6. The molecule has 7 heteroatoms. The Balaban J connectivity index is 1.50. The van der Waals surface area contributed by atoms with E-state index >= 15 is 0 Å². The lowest BCUT2D eigenvalue weighted by molar-refractivity contribution is 0.447. The molecular formula is C26H23FN6. The fraction of sp³-hybridized carbons (Fsp3) is 0.192. The zero-order valence-electron chi connectivity index (χ0n) is 18.0. The van der Waals surface area contributed by atoms with Crippen LogP contribution in [0.3, 0.4) is 0 Å². The molecule has 3 aromatic heterocycles. The molecule has 0 aliphatic carbocycles. The van der Waals surface area contributed by atoms with Gasteiger partial charge in [-0.15, -0.1) is 10.2 Å². The van der Waals surface area contributed by atoms with Crippen LogP contribution >= 0.6 is 0 Å². The van der Waals surface area contributed by atoms with E-state index in [-0.39, 0.29) is 5.82 Å². The van der Waals surface area contributed by atoms with Crippen LogP contribution in [0.5, 0.6) is 0 Å². The fourth-order valence-electron chi connectivity index (χ4n) is 4.53. The number of nitrogens with one attached hydrogen (secondary N) is 2. The Morgan fingerprint density at radius 2 is 1.58 bits per heavy atom. The van der Waals surface area contributed by atoms with Gasteiger partial charge in [-0.3, -0.25) is 4.40 Å². The molecule has 164 valence electrons. The minimum absolute atomic E-state index is 0.257. The van der Waals surface area contributed by atoms with Gasteiger partial charge >= 0.3 is 0 Å². The molecule has 1 aliphatic rings. The van der Waals surface area contributed by atoms with Gasteiger partial charge in [0.25, 0.3) is 0 Å². The topological polar surface area (TPSA) is 70.9 Å². The Labute approximate surface area is 190 Å². The molecule has 2 aromatic carbocycles. The van der Waals surface area contributed by atoms with Crippen molar-refractivity contribution in [2.45, 2.75) is 18.8 Å². The van der Waals surface area contributed by atoms with E-state index in [4.69, 9.17) is 4.98 Å². The third-order valence-electron chi connectivity index (χ3n) is 6.29. The molecule has 0 amide bonds. The quantitative estimate of drug-likeness (QED) is 0.412. The molecule has 0 spiro atoms. The van der Waals surface area contributed by atoms with Crippen molar-refractivity contribution in [1.29, 1.82) is 0 Å². The normalized spacial score (nSPS) is 14.7. The summed E-state index contributed by atoms with van der Waals surface area (Å²) >= 11 is 0. The zero-order valence-corrected chi connectivity index (χ0v) is 18.0. The number of hydrogen-bond acceptors (Lipinski definition) is 4. The van der Waals surface area contributed by atoms with E-state index in [1.165, 1.54) is 12.1 Å². The number of piperidine rings is 1. The Kier molecular flexibility index (Phi) is 4.96. The third-order valence-corrected chi connectivity index (χ3v) is 6.29. The van der Waals surface area contributed by atoms with Crippen LogP contribution in [0.1, 0.15) is 24.6 Å². The van der Waals surface area contributed by atoms with E-state index in [1.54, 1.807) is 12.1 Å². The summed E-state index contributed by atoms with van der Waals surface area (Å²) in [5.74, 6) is 1.89. The number of H-pyrrole nitrogens is 1. The minimum atomic E-state index is -0.257. The molecule has 1 saturated heterocycles. The van der Waals surface area contributed by atoms with Crippen molar-refractivity contribution >= 4 is 5.65 Å². The van der Waals surface area contributed by atoms with Crippen molar-refractivity contribution in [3.63, 3.8) is 0 Å². The monoisotopic (exact) mass is 438 g/mol. The summed E-state index contributed by atoms with van der Waals surface area (Å²) in [6.45, 7) is 1.97. The molecule has 0 unspecified atom stereocenters. The van der Waals surface area contributed by atoms with Gasteiger partial charge in [0, 0.05) is 28.8 Å². The van der Waals surface area contributed by atoms with Crippen molar-refractivity contribution in [2.24, 2.45) is 0 Å². The summed E-state index contributed by atoms with van der Waals surface area (Å²) < 4.78 is 15.6. The molecule has 1 fully saturated rings. The molecule has 33 heavy (non-hydrogen) atoms. The van der Waals surface area contributed by atoms with Crippen molar-refractivity contribution in [3.8, 4) is 33.9 Å². The van der Waals surface area contributed by atoms with Gasteiger partial charge in [0.1, 0.15) is 11.6 Å². The van der Waals surface area contributed by atoms with Crippen LogP contribution in [-0.2, 0) is 0 Å². The van der Waals surface area contributed by atoms with Crippen molar-refractivity contribution in [3.05, 3.63) is 84.6 Å². The number of rotatable bonds is 4. The van der Waals surface area contributed by atoms with Crippen LogP contribution in [0.2, 0.25) is 0 Å². The highest BCUT2D eigenvalue weighted by atomic mass is 19.1. The molecule has 6 nitrogen and oxygen atoms in total. The van der Waals surface area contributed by atoms with Crippen LogP contribution in [-0.4, -0.2) is 37.7 Å². The largest absolute Gasteiger partial charge is 0.341 e. The fourth-order valence-corrected chi connectivity index (χ4v) is 4.53. The number of aromatic amines is 1. The van der Waals surface area contributed by atoms with Gasteiger partial charge < -0.3 is 10.3 Å². The van der Waals surface area contributed by atoms with Gasteiger partial charge in [-0.1, -0.05) is 30.3 Å². The second-order valence-electron chi connectivity index (χ2n) is 8.41. The Hall–Kier alpha value is -3.84. The van der Waals surface area contributed by atoms with Crippen molar-refractivity contribution < 1.29 is 4.39 Å². The maximum atomic E-state index is 13.6. The van der Waals surface area contributed by atoms with Crippen molar-refractivity contribution in [2.75, 3.05) is 13.1 Å². The number of nitrogens with zero attached hydrogens (tertiary/aromatic N) is 4. The van der Waals surface area contributed by atoms with Gasteiger partial charge in [0.2, 0.25) is 0 Å². The van der Waals surface area contributed by atoms with Gasteiger partial charge in [-0.05, 0) is 62.3 Å². The lowest BCUT2D eigenvalue weighted by Gasteiger charge is -2.20. The molecule has 0 saturated carbocycles. The van der Waals surface area contributed by atoms with Gasteiger partial charge in [-0.2, -0.15) is 0 Å². The first-order chi connectivity index (χ1) is 16.3. The number of pyridine rings is 1. The van der Waals surface area contributed by atoms with Crippen LogP contribution < -0.4 is 5.32 Å². The Bertz CT molecular complexity index is 1400. The first-order valence-electron chi connectivity index (χ1n) is 11.2. The molecule has 4 heterocycles. The molecule has 6 rings (SSSR count). The molecule has 0 bridgehead atoms. The van der Waals surface area contributed by atoms with Crippen LogP contribution in [0.25, 0.3) is 39.5 Å². The summed E-state index contributed by atoms with van der Waals surface area (Å²) in [4.78, 5) is 8.62. The van der Waals surface area contributed by atoms with Gasteiger partial charge in [0.05, 0.1) is 11.4 Å². The third kappa shape index (κ3) is 3.70. The number of halogens is 1. The zero-order chi connectivity index (χ0) is 22.2. The first-order valence-corrected chi connectivity index (χ1v) is 11.2. The number of imidazole rings is 1. The summed E-state index contributed by atoms with van der Waals surface area (Å²) in [6, 6.07) is 20.6. The van der Waals surface area contributed by atoms with E-state index in [2.05, 4.69) is 20.5 Å². The Morgan fingerprint density at radius 1 is 0.818 bits per heavy atom. The van der Waals surface area contributed by atoms with Crippen LogP contribution in [0.4, 0.5) is 4.39 Å². The molecular weight excluding hydrogens is 415 g/mol. The number of aromatic nitrogens is 5.